The van der Waals surface area contributed by atoms with Crippen LogP contribution in [0, 0.1) is 29.6 Å². The van der Waals surface area contributed by atoms with Gasteiger partial charge < -0.3 is 0 Å². The number of carbonyl (C=O) groups excluding carboxylic acids is 2. The smallest absolute Gasteiger partial charge is 0.256 e. The molecule has 1 heterocycles. The Morgan fingerprint density at radius 3 is 2.05 bits per heavy atom. The van der Waals surface area contributed by atoms with E-state index in [1.165, 1.54) is 24.2 Å². The van der Waals surface area contributed by atoms with Crippen LogP contribution in [-0.2, 0) is 9.59 Å². The van der Waals surface area contributed by atoms with Gasteiger partial charge in [0.05, 0.1) is 0 Å². The Bertz CT molecular complexity index is 467. The van der Waals surface area contributed by atoms with Crippen LogP contribution in [0.1, 0.15) is 47.0 Å². The summed E-state index contributed by atoms with van der Waals surface area (Å²) >= 11 is 0. The van der Waals surface area contributed by atoms with Gasteiger partial charge in [0.15, 0.2) is 0 Å². The summed E-state index contributed by atoms with van der Waals surface area (Å²) in [4.78, 5) is 25.8. The largest absolute Gasteiger partial charge is 0.275 e. The molecule has 2 saturated carbocycles. The molecule has 0 radical (unpaired) electrons. The number of imide groups is 1. The second-order valence-electron chi connectivity index (χ2n) is 7.37. The third-order valence-corrected chi connectivity index (χ3v) is 6.03. The molecule has 0 saturated heterocycles. The van der Waals surface area contributed by atoms with Gasteiger partial charge in [-0.2, -0.15) is 0 Å². The van der Waals surface area contributed by atoms with Crippen molar-refractivity contribution in [2.24, 2.45) is 29.6 Å². The van der Waals surface area contributed by atoms with E-state index in [0.717, 1.165) is 23.7 Å². The van der Waals surface area contributed by atoms with Crippen LogP contribution >= 0.6 is 0 Å². The van der Waals surface area contributed by atoms with E-state index in [4.69, 9.17) is 0 Å². The van der Waals surface area contributed by atoms with Crippen molar-refractivity contribution >= 4 is 11.8 Å². The van der Waals surface area contributed by atoms with Gasteiger partial charge in [-0.05, 0) is 62.7 Å². The van der Waals surface area contributed by atoms with Gasteiger partial charge in [0.25, 0.3) is 11.8 Å². The molecule has 2 amide bonds. The first-order valence-electron chi connectivity index (χ1n) is 7.93. The zero-order valence-corrected chi connectivity index (χ0v) is 13.0. The molecule has 0 aromatic carbocycles. The van der Waals surface area contributed by atoms with E-state index in [0.29, 0.717) is 23.6 Å². The van der Waals surface area contributed by atoms with Gasteiger partial charge in [-0.1, -0.05) is 13.8 Å². The normalized spacial score (nSPS) is 37.0. The summed E-state index contributed by atoms with van der Waals surface area (Å²) in [6, 6.07) is 0. The Labute approximate surface area is 121 Å². The molecular weight excluding hydrogens is 250 g/mol. The molecule has 4 unspecified atom stereocenters. The number of carbonyl (C=O) groups is 2. The highest BCUT2D eigenvalue weighted by atomic mass is 16.2. The SMILES string of the molecule is CC1=C(C)C(=O)N(CC2CC3CC2CC3C(C)C)C1=O. The fraction of sp³-hybridized carbons (Fsp3) is 0.765. The lowest BCUT2D eigenvalue weighted by molar-refractivity contribution is -0.138. The first kappa shape index (κ1) is 13.8. The van der Waals surface area contributed by atoms with Crippen molar-refractivity contribution in [3.05, 3.63) is 11.1 Å². The van der Waals surface area contributed by atoms with E-state index in [9.17, 15) is 9.59 Å². The lowest BCUT2D eigenvalue weighted by atomic mass is 9.77. The second-order valence-corrected chi connectivity index (χ2v) is 7.37. The van der Waals surface area contributed by atoms with Gasteiger partial charge in [-0.25, -0.2) is 0 Å². The Hall–Kier alpha value is -1.12. The van der Waals surface area contributed by atoms with Crippen molar-refractivity contribution in [3.8, 4) is 0 Å². The maximum absolute atomic E-state index is 12.1. The molecule has 2 fully saturated rings. The average molecular weight is 275 g/mol. The lowest BCUT2D eigenvalue weighted by Crippen LogP contribution is -2.38. The van der Waals surface area contributed by atoms with Gasteiger partial charge in [0.2, 0.25) is 0 Å². The van der Waals surface area contributed by atoms with Crippen LogP contribution in [0.3, 0.4) is 0 Å². The lowest BCUT2D eigenvalue weighted by Gasteiger charge is -2.32. The Balaban J connectivity index is 1.65. The quantitative estimate of drug-likeness (QED) is 0.742. The molecule has 0 aromatic heterocycles. The third-order valence-electron chi connectivity index (χ3n) is 6.03. The zero-order valence-electron chi connectivity index (χ0n) is 13.0. The fourth-order valence-electron chi connectivity index (χ4n) is 4.70. The molecule has 3 aliphatic rings. The summed E-state index contributed by atoms with van der Waals surface area (Å²) in [5, 5.41) is 0. The van der Waals surface area contributed by atoms with Crippen molar-refractivity contribution in [2.45, 2.75) is 47.0 Å². The summed E-state index contributed by atoms with van der Waals surface area (Å²) in [6.45, 7) is 8.84. The Morgan fingerprint density at radius 1 is 1.00 bits per heavy atom. The molecular formula is C17H25NO2. The number of nitrogens with zero attached hydrogens (tertiary/aromatic N) is 1. The summed E-state index contributed by atoms with van der Waals surface area (Å²) in [5.41, 5.74) is 1.27. The minimum Gasteiger partial charge on any atom is -0.275 e. The molecule has 1 aliphatic heterocycles. The first-order chi connectivity index (χ1) is 9.40. The summed E-state index contributed by atoms with van der Waals surface area (Å²) < 4.78 is 0. The van der Waals surface area contributed by atoms with Gasteiger partial charge in [0.1, 0.15) is 0 Å². The van der Waals surface area contributed by atoms with E-state index >= 15 is 0 Å². The molecule has 2 aliphatic carbocycles. The van der Waals surface area contributed by atoms with E-state index < -0.39 is 0 Å². The molecule has 2 bridgehead atoms. The van der Waals surface area contributed by atoms with E-state index in [-0.39, 0.29) is 11.8 Å². The number of rotatable bonds is 3. The predicted molar refractivity (Wildman–Crippen MR) is 77.7 cm³/mol. The first-order valence-corrected chi connectivity index (χ1v) is 7.93. The van der Waals surface area contributed by atoms with E-state index in [1.807, 2.05) is 0 Å². The number of hydrogen-bond donors (Lipinski definition) is 0. The van der Waals surface area contributed by atoms with Crippen LogP contribution in [0.2, 0.25) is 0 Å². The van der Waals surface area contributed by atoms with Gasteiger partial charge >= 0.3 is 0 Å². The molecule has 110 valence electrons. The summed E-state index contributed by atoms with van der Waals surface area (Å²) in [6.07, 6.45) is 3.83. The zero-order chi connectivity index (χ0) is 14.6. The molecule has 3 heteroatoms. The average Bonchev–Trinajstić information content (AvgIpc) is 3.04. The topological polar surface area (TPSA) is 37.4 Å². The number of amides is 2. The fourth-order valence-corrected chi connectivity index (χ4v) is 4.70. The molecule has 4 atom stereocenters. The number of hydrogen-bond acceptors (Lipinski definition) is 2. The van der Waals surface area contributed by atoms with Gasteiger partial charge in [-0.3, -0.25) is 14.5 Å². The minimum absolute atomic E-state index is 0.0596. The molecule has 20 heavy (non-hydrogen) atoms. The van der Waals surface area contributed by atoms with Crippen LogP contribution in [-0.4, -0.2) is 23.3 Å². The van der Waals surface area contributed by atoms with Crippen LogP contribution in [0.25, 0.3) is 0 Å². The molecule has 0 aromatic rings. The van der Waals surface area contributed by atoms with E-state index in [2.05, 4.69) is 13.8 Å². The molecule has 3 rings (SSSR count). The highest BCUT2D eigenvalue weighted by molar-refractivity contribution is 6.18. The van der Waals surface area contributed by atoms with Crippen molar-refractivity contribution in [3.63, 3.8) is 0 Å². The van der Waals surface area contributed by atoms with Crippen molar-refractivity contribution in [1.29, 1.82) is 0 Å². The van der Waals surface area contributed by atoms with Crippen molar-refractivity contribution < 1.29 is 9.59 Å². The monoisotopic (exact) mass is 275 g/mol. The minimum atomic E-state index is -0.0596. The molecule has 3 nitrogen and oxygen atoms in total. The second kappa shape index (κ2) is 4.71. The predicted octanol–water partition coefficient (Wildman–Crippen LogP) is 3.01. The standard InChI is InChI=1S/C17H25NO2/c1-9(2)15-7-12-5-13(15)6-14(12)8-18-16(19)10(3)11(4)17(18)20/h9,12-15H,5-8H2,1-4H3. The highest BCUT2D eigenvalue weighted by Gasteiger charge is 2.48. The van der Waals surface area contributed by atoms with Crippen LogP contribution in [0.5, 0.6) is 0 Å². The maximum atomic E-state index is 12.1. The summed E-state index contributed by atoms with van der Waals surface area (Å²) in [5.74, 6) is 3.62. The third kappa shape index (κ3) is 1.94. The van der Waals surface area contributed by atoms with Crippen molar-refractivity contribution in [2.75, 3.05) is 6.54 Å². The van der Waals surface area contributed by atoms with Gasteiger partial charge in [-0.15, -0.1) is 0 Å². The van der Waals surface area contributed by atoms with Gasteiger partial charge in [0, 0.05) is 17.7 Å². The van der Waals surface area contributed by atoms with Crippen LogP contribution < -0.4 is 0 Å². The maximum Gasteiger partial charge on any atom is 0.256 e. The van der Waals surface area contributed by atoms with Crippen molar-refractivity contribution in [1.82, 2.24) is 4.90 Å². The molecule has 0 spiro atoms. The number of fused-ring (bicyclic) bond motifs is 2. The Kier molecular flexibility index (Phi) is 3.26. The van der Waals surface area contributed by atoms with Crippen LogP contribution in [0.4, 0.5) is 0 Å². The Morgan fingerprint density at radius 2 is 1.60 bits per heavy atom. The van der Waals surface area contributed by atoms with Crippen LogP contribution in [0.15, 0.2) is 11.1 Å². The highest BCUT2D eigenvalue weighted by Crippen LogP contribution is 2.54. The van der Waals surface area contributed by atoms with E-state index in [1.54, 1.807) is 13.8 Å². The summed E-state index contributed by atoms with van der Waals surface area (Å²) in [7, 11) is 0. The molecule has 0 N–H and O–H groups in total.